The minimum absolute atomic E-state index is 0.0686. The number of rotatable bonds is 10. The highest BCUT2D eigenvalue weighted by Crippen LogP contribution is 2.38. The van der Waals surface area contributed by atoms with Crippen molar-refractivity contribution in [2.24, 2.45) is 17.3 Å². The number of aliphatic hydroxyl groups excluding tert-OH is 1. The number of ketones is 1. The van der Waals surface area contributed by atoms with Crippen molar-refractivity contribution in [2.75, 3.05) is 60.5 Å². The van der Waals surface area contributed by atoms with E-state index in [1.165, 1.54) is 25.9 Å². The van der Waals surface area contributed by atoms with E-state index in [0.29, 0.717) is 12.8 Å². The summed E-state index contributed by atoms with van der Waals surface area (Å²) in [5.74, 6) is -1.34. The molecular weight excluding hydrogens is 574 g/mol. The number of hydrogen-bond donors (Lipinski definition) is 1. The summed E-state index contributed by atoms with van der Waals surface area (Å²) < 4.78 is 25.1. The molecule has 3 fully saturated rings. The lowest BCUT2D eigenvalue weighted by molar-refractivity contribution is -0.295. The molecule has 45 heavy (non-hydrogen) atoms. The summed E-state index contributed by atoms with van der Waals surface area (Å²) >= 11 is 0. The van der Waals surface area contributed by atoms with Crippen LogP contribution in [0.25, 0.3) is 0 Å². The van der Waals surface area contributed by atoms with Gasteiger partial charge in [-0.1, -0.05) is 20.8 Å². The third-order valence-electron chi connectivity index (χ3n) is 10.6. The second-order valence-electron chi connectivity index (χ2n) is 15.2. The molecule has 10 nitrogen and oxygen atoms in total. The van der Waals surface area contributed by atoms with Crippen molar-refractivity contribution in [1.82, 2.24) is 14.7 Å². The average Bonchev–Trinajstić information content (AvgIpc) is 3.50. The molecule has 0 aliphatic carbocycles. The van der Waals surface area contributed by atoms with Crippen LogP contribution in [0, 0.1) is 17.3 Å². The number of likely N-dealkylation sites (N-methyl/N-ethyl adjacent to an activating group) is 1. The molecule has 3 heterocycles. The van der Waals surface area contributed by atoms with E-state index in [4.69, 9.17) is 18.9 Å². The van der Waals surface area contributed by atoms with Crippen LogP contribution < -0.4 is 0 Å². The average molecular weight is 640 g/mol. The second-order valence-corrected chi connectivity index (χ2v) is 15.2. The standard InChI is InChI=1S/C35H65N3O7/c1-11-16-38-22-24(2)21-35(7,42-10)31(45-32-29(39)28(36(8)9)20-25(3)44-32)26(4)30(40)34(5,6)33(41)43-23-27(38)15-14-19-37-17-12-13-18-37/h24-29,31-32,39H,11-23H2,1-10H3/t24-,25-,26+,27-,28+,29-,31-,32+,35-/m1/s1. The summed E-state index contributed by atoms with van der Waals surface area (Å²) in [5.41, 5.74) is -2.29. The van der Waals surface area contributed by atoms with Gasteiger partial charge < -0.3 is 33.9 Å². The number of nitrogens with zero attached hydrogens (tertiary/aromatic N) is 3. The van der Waals surface area contributed by atoms with Crippen molar-refractivity contribution < 1.29 is 33.6 Å². The summed E-state index contributed by atoms with van der Waals surface area (Å²) in [4.78, 5) is 34.9. The fraction of sp³-hybridized carbons (Fsp3) is 0.943. The molecule has 262 valence electrons. The first-order valence-corrected chi connectivity index (χ1v) is 17.5. The number of carbonyl (C=O) groups excluding carboxylic acids is 2. The lowest BCUT2D eigenvalue weighted by atomic mass is 9.74. The van der Waals surface area contributed by atoms with E-state index >= 15 is 0 Å². The van der Waals surface area contributed by atoms with E-state index in [0.717, 1.165) is 38.9 Å². The Kier molecular flexibility index (Phi) is 14.3. The number of Topliss-reactive ketones (excluding diaryl/α,β-unsaturated/α-hetero) is 1. The van der Waals surface area contributed by atoms with Crippen LogP contribution in [0.5, 0.6) is 0 Å². The highest BCUT2D eigenvalue weighted by molar-refractivity contribution is 6.04. The number of esters is 1. The summed E-state index contributed by atoms with van der Waals surface area (Å²) in [7, 11) is 5.53. The summed E-state index contributed by atoms with van der Waals surface area (Å²) in [6.07, 6.45) is 3.99. The first kappa shape index (κ1) is 38.3. The molecule has 10 heteroatoms. The van der Waals surface area contributed by atoms with E-state index in [9.17, 15) is 14.7 Å². The van der Waals surface area contributed by atoms with Gasteiger partial charge in [-0.3, -0.25) is 14.5 Å². The highest BCUT2D eigenvalue weighted by atomic mass is 16.7. The fourth-order valence-corrected chi connectivity index (χ4v) is 7.86. The Morgan fingerprint density at radius 2 is 1.73 bits per heavy atom. The minimum Gasteiger partial charge on any atom is -0.463 e. The first-order valence-electron chi connectivity index (χ1n) is 17.5. The Balaban J connectivity index is 1.95. The second kappa shape index (κ2) is 16.8. The lowest BCUT2D eigenvalue weighted by Gasteiger charge is -2.47. The number of cyclic esters (lactones) is 1. The molecule has 3 rings (SSSR count). The van der Waals surface area contributed by atoms with Gasteiger partial charge in [-0.2, -0.15) is 0 Å². The van der Waals surface area contributed by atoms with Crippen LogP contribution in [0.4, 0.5) is 0 Å². The summed E-state index contributed by atoms with van der Waals surface area (Å²) in [6.45, 7) is 18.8. The lowest BCUT2D eigenvalue weighted by Crippen LogP contribution is -2.59. The van der Waals surface area contributed by atoms with Gasteiger partial charge in [0.05, 0.1) is 17.8 Å². The van der Waals surface area contributed by atoms with Gasteiger partial charge in [-0.15, -0.1) is 0 Å². The first-order chi connectivity index (χ1) is 21.1. The Labute approximate surface area is 273 Å². The van der Waals surface area contributed by atoms with E-state index in [1.54, 1.807) is 27.9 Å². The topological polar surface area (TPSA) is 101 Å². The Bertz CT molecular complexity index is 942. The Hall–Kier alpha value is -1.14. The molecule has 3 aliphatic heterocycles. The maximum Gasteiger partial charge on any atom is 0.319 e. The monoisotopic (exact) mass is 639 g/mol. The van der Waals surface area contributed by atoms with Crippen LogP contribution in [0.2, 0.25) is 0 Å². The van der Waals surface area contributed by atoms with E-state index in [1.807, 2.05) is 32.8 Å². The van der Waals surface area contributed by atoms with Crippen LogP contribution in [0.3, 0.4) is 0 Å². The van der Waals surface area contributed by atoms with Crippen LogP contribution in [-0.4, -0.2) is 134 Å². The zero-order valence-corrected chi connectivity index (χ0v) is 30.0. The maximum atomic E-state index is 14.2. The third kappa shape index (κ3) is 9.71. The van der Waals surface area contributed by atoms with Gasteiger partial charge >= 0.3 is 5.97 Å². The van der Waals surface area contributed by atoms with E-state index in [2.05, 4.69) is 23.6 Å². The zero-order chi connectivity index (χ0) is 33.5. The van der Waals surface area contributed by atoms with E-state index in [-0.39, 0.29) is 36.5 Å². The number of methoxy groups -OCH3 is 1. The normalized spacial score (nSPS) is 38.0. The van der Waals surface area contributed by atoms with Gasteiger partial charge in [0.15, 0.2) is 12.1 Å². The molecule has 3 aliphatic rings. The van der Waals surface area contributed by atoms with Gasteiger partial charge in [0.1, 0.15) is 18.1 Å². The Morgan fingerprint density at radius 1 is 1.07 bits per heavy atom. The largest absolute Gasteiger partial charge is 0.463 e. The molecule has 3 saturated heterocycles. The smallest absolute Gasteiger partial charge is 0.319 e. The molecule has 1 N–H and O–H groups in total. The number of hydrogen-bond acceptors (Lipinski definition) is 10. The molecule has 0 radical (unpaired) electrons. The molecule has 0 bridgehead atoms. The number of carbonyl (C=O) groups is 2. The summed E-state index contributed by atoms with van der Waals surface area (Å²) in [5, 5.41) is 11.3. The molecule has 0 unspecified atom stereocenters. The molecule has 0 aromatic carbocycles. The predicted octanol–water partition coefficient (Wildman–Crippen LogP) is 3.97. The molecule has 0 amide bonds. The predicted molar refractivity (Wildman–Crippen MR) is 176 cm³/mol. The molecule has 9 atom stereocenters. The molecule has 0 aromatic heterocycles. The number of likely N-dealkylation sites (tertiary alicyclic amines) is 1. The van der Waals surface area contributed by atoms with Gasteiger partial charge in [0.2, 0.25) is 0 Å². The van der Waals surface area contributed by atoms with Gasteiger partial charge in [0, 0.05) is 31.7 Å². The quantitative estimate of drug-likeness (QED) is 0.279. The van der Waals surface area contributed by atoms with Crippen LogP contribution in [-0.2, 0) is 28.5 Å². The molecular formula is C35H65N3O7. The van der Waals surface area contributed by atoms with Crippen molar-refractivity contribution in [1.29, 1.82) is 0 Å². The van der Waals surface area contributed by atoms with Crippen molar-refractivity contribution in [3.63, 3.8) is 0 Å². The fourth-order valence-electron chi connectivity index (χ4n) is 7.86. The van der Waals surface area contributed by atoms with Crippen LogP contribution in [0.1, 0.15) is 93.4 Å². The number of aliphatic hydroxyl groups is 1. The van der Waals surface area contributed by atoms with Crippen LogP contribution >= 0.6 is 0 Å². The van der Waals surface area contributed by atoms with Gasteiger partial charge in [0.25, 0.3) is 0 Å². The molecule has 0 aromatic rings. The molecule has 0 saturated carbocycles. The van der Waals surface area contributed by atoms with Crippen molar-refractivity contribution in [3.8, 4) is 0 Å². The third-order valence-corrected chi connectivity index (χ3v) is 10.6. The van der Waals surface area contributed by atoms with Gasteiger partial charge in [-0.05, 0) is 119 Å². The maximum absolute atomic E-state index is 14.2. The zero-order valence-electron chi connectivity index (χ0n) is 30.0. The van der Waals surface area contributed by atoms with Gasteiger partial charge in [-0.25, -0.2) is 0 Å². The highest BCUT2D eigenvalue weighted by Gasteiger charge is 2.51. The SMILES string of the molecule is CCCN1C[C@H](C)C[C@@](C)(OC)[C@H](O[C@@H]2O[C@H](C)C[C@H](N(C)C)[C@H]2O)[C@@H](C)C(=O)C(C)(C)C(=O)OC[C@H]1CCCN1CCCC1. The van der Waals surface area contributed by atoms with Crippen molar-refractivity contribution in [2.45, 2.75) is 136 Å². The van der Waals surface area contributed by atoms with Crippen molar-refractivity contribution >= 4 is 11.8 Å². The minimum atomic E-state index is -1.39. The van der Waals surface area contributed by atoms with E-state index < -0.39 is 41.4 Å². The number of ether oxygens (including phenoxy) is 4. The van der Waals surface area contributed by atoms with Crippen molar-refractivity contribution in [3.05, 3.63) is 0 Å². The summed E-state index contributed by atoms with van der Waals surface area (Å²) in [6, 6.07) is -0.0946. The Morgan fingerprint density at radius 3 is 2.33 bits per heavy atom. The molecule has 0 spiro atoms. The van der Waals surface area contributed by atoms with Crippen LogP contribution in [0.15, 0.2) is 0 Å².